The molecule has 1 heterocycles. The van der Waals surface area contributed by atoms with Gasteiger partial charge < -0.3 is 10.0 Å². The summed E-state index contributed by atoms with van der Waals surface area (Å²) in [6, 6.07) is 5.75. The summed E-state index contributed by atoms with van der Waals surface area (Å²) >= 11 is 1.43. The van der Waals surface area contributed by atoms with Gasteiger partial charge in [-0.15, -0.1) is 11.3 Å². The van der Waals surface area contributed by atoms with E-state index in [0.717, 1.165) is 5.00 Å². The highest BCUT2D eigenvalue weighted by Gasteiger charge is 2.02. The van der Waals surface area contributed by atoms with Gasteiger partial charge in [-0.2, -0.15) is 5.26 Å². The molecule has 0 radical (unpaired) electrons. The number of thiophene rings is 1. The molecule has 0 unspecified atom stereocenters. The predicted molar refractivity (Wildman–Crippen MR) is 49.4 cm³/mol. The van der Waals surface area contributed by atoms with Crippen LogP contribution in [0.25, 0.3) is 0 Å². The highest BCUT2D eigenvalue weighted by molar-refractivity contribution is 7.16. The van der Waals surface area contributed by atoms with Gasteiger partial charge in [0.1, 0.15) is 10.9 Å². The second kappa shape index (κ2) is 4.10. The standard InChI is InChI=1S/C8H10N2OS/c1-10(4-5-11)8-3-2-7(6-9)12-8/h2-3,11H,4-5H2,1H3. The minimum atomic E-state index is 0.135. The number of nitrogens with zero attached hydrogens (tertiary/aromatic N) is 2. The second-order valence-electron chi connectivity index (χ2n) is 2.39. The Morgan fingerprint density at radius 3 is 2.92 bits per heavy atom. The van der Waals surface area contributed by atoms with E-state index in [4.69, 9.17) is 10.4 Å². The van der Waals surface area contributed by atoms with E-state index in [1.54, 1.807) is 6.07 Å². The Labute approximate surface area is 75.5 Å². The van der Waals surface area contributed by atoms with Crippen LogP contribution in [0.1, 0.15) is 4.88 Å². The highest BCUT2D eigenvalue weighted by Crippen LogP contribution is 2.23. The lowest BCUT2D eigenvalue weighted by molar-refractivity contribution is 0.304. The summed E-state index contributed by atoms with van der Waals surface area (Å²) in [6.07, 6.45) is 0. The van der Waals surface area contributed by atoms with Crippen LogP contribution in [0, 0.1) is 11.3 Å². The van der Waals surface area contributed by atoms with Gasteiger partial charge in [-0.3, -0.25) is 0 Å². The molecule has 1 rings (SSSR count). The van der Waals surface area contributed by atoms with Gasteiger partial charge in [0.25, 0.3) is 0 Å². The van der Waals surface area contributed by atoms with Gasteiger partial charge >= 0.3 is 0 Å². The monoisotopic (exact) mass is 182 g/mol. The van der Waals surface area contributed by atoms with Crippen molar-refractivity contribution in [2.75, 3.05) is 25.1 Å². The highest BCUT2D eigenvalue weighted by atomic mass is 32.1. The molecule has 0 aliphatic carbocycles. The van der Waals surface area contributed by atoms with Gasteiger partial charge in [0, 0.05) is 13.6 Å². The van der Waals surface area contributed by atoms with E-state index >= 15 is 0 Å². The summed E-state index contributed by atoms with van der Waals surface area (Å²) in [5.41, 5.74) is 0. The molecule has 0 aliphatic heterocycles. The zero-order chi connectivity index (χ0) is 8.97. The van der Waals surface area contributed by atoms with Gasteiger partial charge in [0.15, 0.2) is 0 Å². The molecule has 4 heteroatoms. The van der Waals surface area contributed by atoms with Crippen molar-refractivity contribution in [1.82, 2.24) is 0 Å². The number of rotatable bonds is 3. The third-order valence-corrected chi connectivity index (χ3v) is 2.62. The summed E-state index contributed by atoms with van der Waals surface area (Å²) in [4.78, 5) is 2.63. The number of likely N-dealkylation sites (N-methyl/N-ethyl adjacent to an activating group) is 1. The van der Waals surface area contributed by atoms with Gasteiger partial charge in [0.05, 0.1) is 11.6 Å². The maximum atomic E-state index is 8.66. The predicted octanol–water partition coefficient (Wildman–Crippen LogP) is 1.05. The first kappa shape index (κ1) is 9.04. The van der Waals surface area contributed by atoms with E-state index in [1.165, 1.54) is 11.3 Å². The molecule has 0 saturated heterocycles. The molecule has 0 amide bonds. The van der Waals surface area contributed by atoms with Crippen molar-refractivity contribution in [2.24, 2.45) is 0 Å². The van der Waals surface area contributed by atoms with Crippen LogP contribution in [0.3, 0.4) is 0 Å². The van der Waals surface area contributed by atoms with Crippen LogP contribution in [0.15, 0.2) is 12.1 Å². The first-order valence-electron chi connectivity index (χ1n) is 3.60. The third kappa shape index (κ3) is 1.97. The largest absolute Gasteiger partial charge is 0.395 e. The number of anilines is 1. The van der Waals surface area contributed by atoms with Gasteiger partial charge in [-0.1, -0.05) is 0 Å². The Kier molecular flexibility index (Phi) is 3.09. The number of hydrogen-bond acceptors (Lipinski definition) is 4. The molecule has 1 aromatic heterocycles. The summed E-state index contributed by atoms with van der Waals surface area (Å²) in [7, 11) is 1.89. The Hall–Kier alpha value is -1.05. The topological polar surface area (TPSA) is 47.3 Å². The van der Waals surface area contributed by atoms with Crippen molar-refractivity contribution in [1.29, 1.82) is 5.26 Å². The summed E-state index contributed by atoms with van der Waals surface area (Å²) in [5.74, 6) is 0. The second-order valence-corrected chi connectivity index (χ2v) is 3.46. The Morgan fingerprint density at radius 1 is 1.67 bits per heavy atom. The van der Waals surface area contributed by atoms with E-state index in [1.807, 2.05) is 18.0 Å². The molecular formula is C8H10N2OS. The number of aliphatic hydroxyl groups excluding tert-OH is 1. The zero-order valence-corrected chi connectivity index (χ0v) is 7.64. The first-order chi connectivity index (χ1) is 5.77. The van der Waals surface area contributed by atoms with Gasteiger partial charge in [-0.25, -0.2) is 0 Å². The Bertz CT molecular complexity index is 289. The summed E-state index contributed by atoms with van der Waals surface area (Å²) in [6.45, 7) is 0.738. The Balaban J connectivity index is 2.69. The Morgan fingerprint density at radius 2 is 2.42 bits per heavy atom. The van der Waals surface area contributed by atoms with Crippen LogP contribution in [0.4, 0.5) is 5.00 Å². The van der Waals surface area contributed by atoms with Crippen molar-refractivity contribution in [3.63, 3.8) is 0 Å². The SMILES string of the molecule is CN(CCO)c1ccc(C#N)s1. The molecule has 0 aliphatic rings. The normalized spacial score (nSPS) is 9.42. The minimum Gasteiger partial charge on any atom is -0.395 e. The lowest BCUT2D eigenvalue weighted by atomic mass is 10.5. The summed E-state index contributed by atoms with van der Waals surface area (Å²) < 4.78 is 0. The first-order valence-corrected chi connectivity index (χ1v) is 4.41. The molecule has 12 heavy (non-hydrogen) atoms. The van der Waals surface area contributed by atoms with Crippen molar-refractivity contribution < 1.29 is 5.11 Å². The molecule has 0 fully saturated rings. The lowest BCUT2D eigenvalue weighted by Crippen LogP contribution is -2.19. The van der Waals surface area contributed by atoms with Crippen LogP contribution in [0.5, 0.6) is 0 Å². The molecule has 0 bridgehead atoms. The molecule has 3 nitrogen and oxygen atoms in total. The maximum absolute atomic E-state index is 8.66. The van der Waals surface area contributed by atoms with Crippen molar-refractivity contribution >= 4 is 16.3 Å². The van der Waals surface area contributed by atoms with Crippen molar-refractivity contribution in [3.8, 4) is 6.07 Å². The number of nitriles is 1. The van der Waals surface area contributed by atoms with E-state index in [2.05, 4.69) is 6.07 Å². The summed E-state index contributed by atoms with van der Waals surface area (Å²) in [5, 5.41) is 18.2. The van der Waals surface area contributed by atoms with E-state index < -0.39 is 0 Å². The molecule has 64 valence electrons. The van der Waals surface area contributed by atoms with Crippen LogP contribution >= 0.6 is 11.3 Å². The van der Waals surface area contributed by atoms with Crippen LogP contribution in [-0.2, 0) is 0 Å². The van der Waals surface area contributed by atoms with E-state index in [-0.39, 0.29) is 6.61 Å². The van der Waals surface area contributed by atoms with Gasteiger partial charge in [0.2, 0.25) is 0 Å². The number of aliphatic hydroxyl groups is 1. The molecule has 0 saturated carbocycles. The fraction of sp³-hybridized carbons (Fsp3) is 0.375. The fourth-order valence-corrected chi connectivity index (χ4v) is 1.64. The maximum Gasteiger partial charge on any atom is 0.110 e. The molecule has 1 N–H and O–H groups in total. The van der Waals surface area contributed by atoms with E-state index in [9.17, 15) is 0 Å². The van der Waals surface area contributed by atoms with Crippen molar-refractivity contribution in [2.45, 2.75) is 0 Å². The quantitative estimate of drug-likeness (QED) is 0.760. The molecule has 0 atom stereocenters. The molecular weight excluding hydrogens is 172 g/mol. The van der Waals surface area contributed by atoms with Crippen LogP contribution < -0.4 is 4.90 Å². The van der Waals surface area contributed by atoms with Crippen LogP contribution in [-0.4, -0.2) is 25.3 Å². The van der Waals surface area contributed by atoms with Crippen LogP contribution in [0.2, 0.25) is 0 Å². The average Bonchev–Trinajstić information content (AvgIpc) is 2.52. The van der Waals surface area contributed by atoms with Crippen molar-refractivity contribution in [3.05, 3.63) is 17.0 Å². The zero-order valence-electron chi connectivity index (χ0n) is 6.82. The molecule has 0 aromatic carbocycles. The minimum absolute atomic E-state index is 0.135. The molecule has 1 aromatic rings. The van der Waals surface area contributed by atoms with Gasteiger partial charge in [-0.05, 0) is 12.1 Å². The fourth-order valence-electron chi connectivity index (χ4n) is 0.853. The number of hydrogen-bond donors (Lipinski definition) is 1. The molecule has 0 spiro atoms. The smallest absolute Gasteiger partial charge is 0.110 e. The average molecular weight is 182 g/mol. The third-order valence-electron chi connectivity index (χ3n) is 1.51. The van der Waals surface area contributed by atoms with E-state index in [0.29, 0.717) is 11.4 Å². The lowest BCUT2D eigenvalue weighted by Gasteiger charge is -2.14.